The van der Waals surface area contributed by atoms with Crippen molar-refractivity contribution in [1.29, 1.82) is 0 Å². The number of rotatable bonds is 11. The summed E-state index contributed by atoms with van der Waals surface area (Å²) < 4.78 is 10.9. The topological polar surface area (TPSA) is 47.7 Å². The molecule has 0 atom stereocenters. The highest BCUT2D eigenvalue weighted by Gasteiger charge is 2.34. The highest BCUT2D eigenvalue weighted by atomic mass is 16.5. The van der Waals surface area contributed by atoms with Crippen LogP contribution in [0.25, 0.3) is 0 Å². The lowest BCUT2D eigenvalue weighted by molar-refractivity contribution is 0.0491. The molecule has 0 aliphatic heterocycles. The van der Waals surface area contributed by atoms with Crippen molar-refractivity contribution in [3.05, 3.63) is 0 Å². The Kier molecular flexibility index (Phi) is 8.83. The molecule has 0 aromatic carbocycles. The Morgan fingerprint density at radius 3 is 1.63 bits per heavy atom. The van der Waals surface area contributed by atoms with E-state index in [1.807, 2.05) is 13.8 Å². The normalized spacial score (nSPS) is 13.3. The molecule has 0 heterocycles. The zero-order chi connectivity index (χ0) is 14.9. The van der Waals surface area contributed by atoms with Crippen LogP contribution in [0.2, 0.25) is 0 Å². The minimum atomic E-state index is -0.206. The number of ether oxygens (including phenoxy) is 2. The van der Waals surface area contributed by atoms with E-state index >= 15 is 0 Å². The molecule has 4 nitrogen and oxygen atoms in total. The Morgan fingerprint density at radius 1 is 0.895 bits per heavy atom. The Bertz CT molecular complexity index is 215. The molecule has 0 saturated carbocycles. The first-order chi connectivity index (χ1) is 8.74. The molecule has 0 aromatic heterocycles. The molecule has 0 amide bonds. The quantitative estimate of drug-likeness (QED) is 0.586. The second-order valence-corrected chi connectivity index (χ2v) is 6.28. The standard InChI is InChI=1S/C15H34N2O2/c1-7-18-11-9-17(10-12-19-8-2)13-14(3,4)15(5,6)16/h7-13,16H2,1-6H3. The largest absolute Gasteiger partial charge is 0.380 e. The SMILES string of the molecule is CCOCCN(CCOCC)CC(C)(C)C(C)(C)N. The molecule has 0 radical (unpaired) electrons. The fourth-order valence-electron chi connectivity index (χ4n) is 1.71. The summed E-state index contributed by atoms with van der Waals surface area (Å²) >= 11 is 0. The van der Waals surface area contributed by atoms with E-state index in [0.29, 0.717) is 0 Å². The summed E-state index contributed by atoms with van der Waals surface area (Å²) in [6.07, 6.45) is 0. The number of nitrogens with two attached hydrogens (primary N) is 1. The molecule has 0 fully saturated rings. The van der Waals surface area contributed by atoms with Gasteiger partial charge in [-0.2, -0.15) is 0 Å². The minimum Gasteiger partial charge on any atom is -0.380 e. The van der Waals surface area contributed by atoms with E-state index in [4.69, 9.17) is 15.2 Å². The van der Waals surface area contributed by atoms with Gasteiger partial charge in [-0.1, -0.05) is 13.8 Å². The van der Waals surface area contributed by atoms with Gasteiger partial charge in [0, 0.05) is 38.4 Å². The van der Waals surface area contributed by atoms with E-state index in [2.05, 4.69) is 32.6 Å². The number of hydrogen-bond donors (Lipinski definition) is 1. The van der Waals surface area contributed by atoms with Crippen molar-refractivity contribution in [1.82, 2.24) is 4.90 Å². The third-order valence-corrected chi connectivity index (χ3v) is 3.88. The first kappa shape index (κ1) is 18.8. The van der Waals surface area contributed by atoms with Gasteiger partial charge >= 0.3 is 0 Å². The molecule has 0 aromatic rings. The van der Waals surface area contributed by atoms with Crippen molar-refractivity contribution in [2.45, 2.75) is 47.1 Å². The molecule has 0 aliphatic rings. The van der Waals surface area contributed by atoms with Crippen molar-refractivity contribution in [3.8, 4) is 0 Å². The van der Waals surface area contributed by atoms with E-state index < -0.39 is 0 Å². The van der Waals surface area contributed by atoms with Gasteiger partial charge in [0.25, 0.3) is 0 Å². The van der Waals surface area contributed by atoms with Crippen LogP contribution in [0.3, 0.4) is 0 Å². The molecule has 0 unspecified atom stereocenters. The van der Waals surface area contributed by atoms with Gasteiger partial charge in [-0.05, 0) is 33.1 Å². The Morgan fingerprint density at radius 2 is 1.32 bits per heavy atom. The van der Waals surface area contributed by atoms with Crippen molar-refractivity contribution in [2.75, 3.05) is 46.1 Å². The van der Waals surface area contributed by atoms with Gasteiger partial charge in [0.15, 0.2) is 0 Å². The van der Waals surface area contributed by atoms with Crippen LogP contribution in [0.5, 0.6) is 0 Å². The van der Waals surface area contributed by atoms with Gasteiger partial charge < -0.3 is 15.2 Å². The second-order valence-electron chi connectivity index (χ2n) is 6.28. The zero-order valence-corrected chi connectivity index (χ0v) is 13.8. The maximum Gasteiger partial charge on any atom is 0.0593 e. The first-order valence-corrected chi connectivity index (χ1v) is 7.41. The van der Waals surface area contributed by atoms with Gasteiger partial charge in [-0.3, -0.25) is 4.90 Å². The highest BCUT2D eigenvalue weighted by molar-refractivity contribution is 4.92. The molecule has 4 heteroatoms. The summed E-state index contributed by atoms with van der Waals surface area (Å²) in [5.41, 5.74) is 6.12. The monoisotopic (exact) mass is 274 g/mol. The maximum absolute atomic E-state index is 6.28. The fourth-order valence-corrected chi connectivity index (χ4v) is 1.71. The second kappa shape index (κ2) is 8.90. The molecule has 0 saturated heterocycles. The van der Waals surface area contributed by atoms with Gasteiger partial charge in [-0.25, -0.2) is 0 Å². The molecular formula is C15H34N2O2. The summed E-state index contributed by atoms with van der Waals surface area (Å²) in [7, 11) is 0. The Balaban J connectivity index is 4.38. The van der Waals surface area contributed by atoms with Gasteiger partial charge in [0.1, 0.15) is 0 Å². The number of nitrogens with zero attached hydrogens (tertiary/aromatic N) is 1. The molecule has 0 aliphatic carbocycles. The van der Waals surface area contributed by atoms with Crippen molar-refractivity contribution in [3.63, 3.8) is 0 Å². The van der Waals surface area contributed by atoms with Crippen LogP contribution in [0.1, 0.15) is 41.5 Å². The number of hydrogen-bond acceptors (Lipinski definition) is 4. The van der Waals surface area contributed by atoms with E-state index in [-0.39, 0.29) is 11.0 Å². The van der Waals surface area contributed by atoms with Gasteiger partial charge in [0.05, 0.1) is 13.2 Å². The highest BCUT2D eigenvalue weighted by Crippen LogP contribution is 2.29. The van der Waals surface area contributed by atoms with E-state index in [1.165, 1.54) is 0 Å². The third-order valence-electron chi connectivity index (χ3n) is 3.88. The lowest BCUT2D eigenvalue weighted by Gasteiger charge is -2.42. The summed E-state index contributed by atoms with van der Waals surface area (Å²) in [6.45, 7) is 18.6. The van der Waals surface area contributed by atoms with Crippen LogP contribution in [0.15, 0.2) is 0 Å². The first-order valence-electron chi connectivity index (χ1n) is 7.41. The Labute approximate surface area is 119 Å². The van der Waals surface area contributed by atoms with E-state index in [0.717, 1.165) is 46.1 Å². The van der Waals surface area contributed by atoms with Crippen LogP contribution in [-0.2, 0) is 9.47 Å². The lowest BCUT2D eigenvalue weighted by Crippen LogP contribution is -2.53. The van der Waals surface area contributed by atoms with E-state index in [9.17, 15) is 0 Å². The van der Waals surface area contributed by atoms with Gasteiger partial charge in [0.2, 0.25) is 0 Å². The Hall–Kier alpha value is -0.160. The third kappa shape index (κ3) is 7.88. The fraction of sp³-hybridized carbons (Fsp3) is 1.00. The predicted molar refractivity (Wildman–Crippen MR) is 81.5 cm³/mol. The molecule has 2 N–H and O–H groups in total. The average Bonchev–Trinajstić information content (AvgIpc) is 2.27. The van der Waals surface area contributed by atoms with Crippen LogP contribution in [0, 0.1) is 5.41 Å². The molecule has 0 rings (SSSR count). The smallest absolute Gasteiger partial charge is 0.0593 e. The van der Waals surface area contributed by atoms with Crippen LogP contribution >= 0.6 is 0 Å². The summed E-state index contributed by atoms with van der Waals surface area (Å²) in [4.78, 5) is 2.39. The molecule has 116 valence electrons. The van der Waals surface area contributed by atoms with Gasteiger partial charge in [-0.15, -0.1) is 0 Å². The molecule has 19 heavy (non-hydrogen) atoms. The van der Waals surface area contributed by atoms with Crippen molar-refractivity contribution < 1.29 is 9.47 Å². The molecular weight excluding hydrogens is 240 g/mol. The molecule has 0 bridgehead atoms. The van der Waals surface area contributed by atoms with Crippen LogP contribution < -0.4 is 5.73 Å². The van der Waals surface area contributed by atoms with Crippen molar-refractivity contribution in [2.24, 2.45) is 11.1 Å². The summed E-state index contributed by atoms with van der Waals surface area (Å²) in [5, 5.41) is 0. The minimum absolute atomic E-state index is 0.0471. The van der Waals surface area contributed by atoms with Crippen LogP contribution in [-0.4, -0.2) is 56.5 Å². The van der Waals surface area contributed by atoms with Crippen LogP contribution in [0.4, 0.5) is 0 Å². The van der Waals surface area contributed by atoms with Crippen molar-refractivity contribution >= 4 is 0 Å². The summed E-state index contributed by atoms with van der Waals surface area (Å²) in [5.74, 6) is 0. The summed E-state index contributed by atoms with van der Waals surface area (Å²) in [6, 6.07) is 0. The maximum atomic E-state index is 6.28. The lowest BCUT2D eigenvalue weighted by atomic mass is 9.75. The zero-order valence-electron chi connectivity index (χ0n) is 13.8. The average molecular weight is 274 g/mol. The predicted octanol–water partition coefficient (Wildman–Crippen LogP) is 2.12. The van der Waals surface area contributed by atoms with E-state index in [1.54, 1.807) is 0 Å². The molecule has 0 spiro atoms.